The summed E-state index contributed by atoms with van der Waals surface area (Å²) in [6.45, 7) is 3.82. The van der Waals surface area contributed by atoms with Crippen molar-refractivity contribution in [2.75, 3.05) is 0 Å². The fourth-order valence-corrected chi connectivity index (χ4v) is 6.13. The third-order valence-electron chi connectivity index (χ3n) is 4.08. The number of nitrogens with one attached hydrogen (secondary N) is 2. The van der Waals surface area contributed by atoms with Gasteiger partial charge in [0.05, 0.1) is 4.90 Å². The van der Waals surface area contributed by atoms with Crippen molar-refractivity contribution in [3.05, 3.63) is 15.8 Å². The van der Waals surface area contributed by atoms with E-state index in [9.17, 15) is 8.42 Å². The van der Waals surface area contributed by atoms with Crippen molar-refractivity contribution >= 4 is 21.4 Å². The standard InChI is InChI=1S/C13H20N2O2S2/c1-8-5-13(9(2)18-8)19(16,17)15-12-6-10-3-4-11(7-12)14-10/h5,10-12,14-15H,3-4,6-7H2,1-2H3. The van der Waals surface area contributed by atoms with Gasteiger partial charge in [-0.05, 0) is 45.6 Å². The van der Waals surface area contributed by atoms with Gasteiger partial charge in [0.2, 0.25) is 10.0 Å². The molecule has 2 aliphatic heterocycles. The van der Waals surface area contributed by atoms with Gasteiger partial charge >= 0.3 is 0 Å². The maximum atomic E-state index is 12.4. The van der Waals surface area contributed by atoms with E-state index in [1.807, 2.05) is 13.8 Å². The van der Waals surface area contributed by atoms with Crippen molar-refractivity contribution in [1.29, 1.82) is 0 Å². The van der Waals surface area contributed by atoms with Crippen LogP contribution < -0.4 is 10.0 Å². The summed E-state index contributed by atoms with van der Waals surface area (Å²) in [6.07, 6.45) is 4.19. The molecule has 0 spiro atoms. The molecule has 2 unspecified atom stereocenters. The summed E-state index contributed by atoms with van der Waals surface area (Å²) in [5.41, 5.74) is 0. The molecule has 0 amide bonds. The summed E-state index contributed by atoms with van der Waals surface area (Å²) in [6, 6.07) is 2.86. The fraction of sp³-hybridized carbons (Fsp3) is 0.692. The van der Waals surface area contributed by atoms with Crippen LogP contribution in [0.5, 0.6) is 0 Å². The molecule has 0 radical (unpaired) electrons. The van der Waals surface area contributed by atoms with Crippen LogP contribution in [0.4, 0.5) is 0 Å². The van der Waals surface area contributed by atoms with Gasteiger partial charge < -0.3 is 5.32 Å². The van der Waals surface area contributed by atoms with Gasteiger partial charge in [0.15, 0.2) is 0 Å². The molecule has 2 atom stereocenters. The molecular weight excluding hydrogens is 280 g/mol. The average Bonchev–Trinajstić information content (AvgIpc) is 2.81. The van der Waals surface area contributed by atoms with Crippen LogP contribution in [0.3, 0.4) is 0 Å². The Balaban J connectivity index is 1.77. The van der Waals surface area contributed by atoms with E-state index < -0.39 is 10.0 Å². The quantitative estimate of drug-likeness (QED) is 0.897. The number of thiophene rings is 1. The van der Waals surface area contributed by atoms with E-state index in [4.69, 9.17) is 0 Å². The Morgan fingerprint density at radius 2 is 1.89 bits per heavy atom. The van der Waals surface area contributed by atoms with E-state index >= 15 is 0 Å². The van der Waals surface area contributed by atoms with Gasteiger partial charge in [-0.1, -0.05) is 0 Å². The van der Waals surface area contributed by atoms with Crippen molar-refractivity contribution < 1.29 is 8.42 Å². The number of fused-ring (bicyclic) bond motifs is 2. The molecule has 2 N–H and O–H groups in total. The van der Waals surface area contributed by atoms with Crippen molar-refractivity contribution in [2.24, 2.45) is 0 Å². The predicted octanol–water partition coefficient (Wildman–Crippen LogP) is 1.93. The van der Waals surface area contributed by atoms with Gasteiger partial charge in [-0.3, -0.25) is 0 Å². The Bertz CT molecular complexity index is 567. The predicted molar refractivity (Wildman–Crippen MR) is 77.1 cm³/mol. The summed E-state index contributed by atoms with van der Waals surface area (Å²) in [5, 5.41) is 3.53. The Kier molecular flexibility index (Phi) is 3.45. The van der Waals surface area contributed by atoms with Crippen molar-refractivity contribution in [3.63, 3.8) is 0 Å². The zero-order valence-electron chi connectivity index (χ0n) is 11.3. The van der Waals surface area contributed by atoms with Gasteiger partial charge in [0.1, 0.15) is 0 Å². The highest BCUT2D eigenvalue weighted by atomic mass is 32.2. The van der Waals surface area contributed by atoms with E-state index in [0.29, 0.717) is 17.0 Å². The molecule has 3 rings (SSSR count). The highest BCUT2D eigenvalue weighted by Gasteiger charge is 2.35. The molecule has 3 heterocycles. The number of aryl methyl sites for hydroxylation is 2. The fourth-order valence-electron chi connectivity index (χ4n) is 3.31. The molecule has 1 aromatic rings. The first-order valence-corrected chi connectivity index (χ1v) is 9.09. The van der Waals surface area contributed by atoms with Gasteiger partial charge in [-0.15, -0.1) is 11.3 Å². The Morgan fingerprint density at radius 1 is 1.26 bits per heavy atom. The van der Waals surface area contributed by atoms with Crippen LogP contribution in [0.15, 0.2) is 11.0 Å². The lowest BCUT2D eigenvalue weighted by Crippen LogP contribution is -2.47. The van der Waals surface area contributed by atoms with Crippen LogP contribution in [-0.4, -0.2) is 26.5 Å². The molecule has 0 aliphatic carbocycles. The Morgan fingerprint density at radius 3 is 2.42 bits per heavy atom. The van der Waals surface area contributed by atoms with E-state index in [0.717, 1.165) is 22.6 Å². The van der Waals surface area contributed by atoms with Crippen LogP contribution in [0.1, 0.15) is 35.4 Å². The zero-order chi connectivity index (χ0) is 13.6. The van der Waals surface area contributed by atoms with Crippen molar-refractivity contribution in [1.82, 2.24) is 10.0 Å². The van der Waals surface area contributed by atoms with Crippen LogP contribution in [0.25, 0.3) is 0 Å². The summed E-state index contributed by atoms with van der Waals surface area (Å²) in [4.78, 5) is 2.38. The molecule has 106 valence electrons. The second-order valence-electron chi connectivity index (χ2n) is 5.70. The largest absolute Gasteiger partial charge is 0.311 e. The summed E-state index contributed by atoms with van der Waals surface area (Å²) in [5.74, 6) is 0. The molecule has 2 fully saturated rings. The van der Waals surface area contributed by atoms with Crippen molar-refractivity contribution in [3.8, 4) is 0 Å². The number of hydrogen-bond donors (Lipinski definition) is 2. The first kappa shape index (κ1) is 13.5. The Hall–Kier alpha value is -0.430. The number of rotatable bonds is 3. The molecule has 2 bridgehead atoms. The zero-order valence-corrected chi connectivity index (χ0v) is 12.9. The average molecular weight is 300 g/mol. The normalized spacial score (nSPS) is 30.7. The minimum absolute atomic E-state index is 0.0864. The second kappa shape index (κ2) is 4.84. The number of sulfonamides is 1. The molecule has 19 heavy (non-hydrogen) atoms. The minimum atomic E-state index is -3.36. The maximum Gasteiger partial charge on any atom is 0.241 e. The molecule has 4 nitrogen and oxygen atoms in total. The first-order valence-electron chi connectivity index (χ1n) is 6.79. The lowest BCUT2D eigenvalue weighted by Gasteiger charge is -2.29. The molecule has 0 saturated carbocycles. The molecule has 2 saturated heterocycles. The lowest BCUT2D eigenvalue weighted by molar-refractivity contribution is 0.345. The monoisotopic (exact) mass is 300 g/mol. The number of piperidine rings is 1. The SMILES string of the molecule is Cc1cc(S(=O)(=O)NC2CC3CCC(C2)N3)c(C)s1. The highest BCUT2D eigenvalue weighted by Crippen LogP contribution is 2.29. The third kappa shape index (κ3) is 2.72. The van der Waals surface area contributed by atoms with Crippen molar-refractivity contribution in [2.45, 2.75) is 62.6 Å². The minimum Gasteiger partial charge on any atom is -0.311 e. The maximum absolute atomic E-state index is 12.4. The third-order valence-corrected chi connectivity index (χ3v) is 6.82. The topological polar surface area (TPSA) is 58.2 Å². The van der Waals surface area contributed by atoms with Crippen LogP contribution in [0, 0.1) is 13.8 Å². The highest BCUT2D eigenvalue weighted by molar-refractivity contribution is 7.89. The van der Waals surface area contributed by atoms with Gasteiger partial charge in [0, 0.05) is 27.9 Å². The molecule has 6 heteroatoms. The smallest absolute Gasteiger partial charge is 0.241 e. The summed E-state index contributed by atoms with van der Waals surface area (Å²) in [7, 11) is -3.36. The van der Waals surface area contributed by atoms with E-state index in [1.165, 1.54) is 12.8 Å². The molecular formula is C13H20N2O2S2. The van der Waals surface area contributed by atoms with E-state index in [1.54, 1.807) is 17.4 Å². The van der Waals surface area contributed by atoms with Crippen LogP contribution in [-0.2, 0) is 10.0 Å². The van der Waals surface area contributed by atoms with Gasteiger partial charge in [-0.25, -0.2) is 13.1 Å². The molecule has 1 aromatic heterocycles. The molecule has 2 aliphatic rings. The summed E-state index contributed by atoms with van der Waals surface area (Å²) >= 11 is 1.54. The van der Waals surface area contributed by atoms with Crippen LogP contribution >= 0.6 is 11.3 Å². The lowest BCUT2D eigenvalue weighted by atomic mass is 10.0. The van der Waals surface area contributed by atoms with Crippen LogP contribution in [0.2, 0.25) is 0 Å². The molecule has 0 aromatic carbocycles. The van der Waals surface area contributed by atoms with Gasteiger partial charge in [0.25, 0.3) is 0 Å². The second-order valence-corrected chi connectivity index (χ2v) is 8.85. The summed E-state index contributed by atoms with van der Waals surface area (Å²) < 4.78 is 27.8. The van der Waals surface area contributed by atoms with E-state index in [2.05, 4.69) is 10.0 Å². The Labute approximate surface area is 118 Å². The van der Waals surface area contributed by atoms with E-state index in [-0.39, 0.29) is 6.04 Å². The first-order chi connectivity index (χ1) is 8.94. The number of hydrogen-bond acceptors (Lipinski definition) is 4. The van der Waals surface area contributed by atoms with Gasteiger partial charge in [-0.2, -0.15) is 0 Å².